The highest BCUT2D eigenvalue weighted by Crippen LogP contribution is 2.40. The molecule has 0 N–H and O–H groups in total. The standard InChI is InChI=1S/C33H32BrN3O4S/c1-6-17-41-25-15-13-21(18-24(25)34)19-27-31(38)37-30(29-23-12-10-9-11-22(23)14-16-26(29)40-5)28(20(4)35-33(37)42-27)32(39)36(7-2)8-3/h6,9-16,18-19,30H,1,7-8,17H2,2-5H3/b27-19+/t30-/m1/s1. The van der Waals surface area contributed by atoms with Gasteiger partial charge in [-0.2, -0.15) is 0 Å². The van der Waals surface area contributed by atoms with Gasteiger partial charge < -0.3 is 14.4 Å². The summed E-state index contributed by atoms with van der Waals surface area (Å²) in [7, 11) is 1.61. The number of hydrogen-bond acceptors (Lipinski definition) is 6. The maximum absolute atomic E-state index is 14.3. The molecule has 1 aliphatic rings. The Labute approximate surface area is 256 Å². The molecule has 216 valence electrons. The molecular weight excluding hydrogens is 614 g/mol. The van der Waals surface area contributed by atoms with Crippen molar-refractivity contribution >= 4 is 50.0 Å². The Morgan fingerprint density at radius 3 is 2.57 bits per heavy atom. The van der Waals surface area contributed by atoms with Crippen LogP contribution in [-0.4, -0.2) is 42.2 Å². The van der Waals surface area contributed by atoms with Crippen molar-refractivity contribution < 1.29 is 14.3 Å². The summed E-state index contributed by atoms with van der Waals surface area (Å²) in [5.41, 5.74) is 2.43. The van der Waals surface area contributed by atoms with Gasteiger partial charge in [-0.1, -0.05) is 60.4 Å². The molecule has 2 heterocycles. The molecule has 0 fully saturated rings. The second-order valence-corrected chi connectivity index (χ2v) is 11.6. The van der Waals surface area contributed by atoms with Crippen molar-refractivity contribution in [2.24, 2.45) is 4.99 Å². The number of aromatic nitrogens is 1. The fraction of sp³-hybridized carbons (Fsp3) is 0.242. The normalized spacial score (nSPS) is 14.9. The maximum atomic E-state index is 14.3. The third kappa shape index (κ3) is 5.34. The number of carbonyl (C=O) groups excluding carboxylic acids is 1. The highest BCUT2D eigenvalue weighted by Gasteiger charge is 2.36. The predicted molar refractivity (Wildman–Crippen MR) is 172 cm³/mol. The van der Waals surface area contributed by atoms with E-state index in [1.165, 1.54) is 11.3 Å². The first-order chi connectivity index (χ1) is 20.3. The van der Waals surface area contributed by atoms with Gasteiger partial charge >= 0.3 is 0 Å². The van der Waals surface area contributed by atoms with E-state index < -0.39 is 6.04 Å². The van der Waals surface area contributed by atoms with Gasteiger partial charge in [0.25, 0.3) is 11.5 Å². The SMILES string of the molecule is C=CCOc1ccc(/C=c2/sc3n(c2=O)[C@@H](c2c(OC)ccc4ccccc24)C(C(=O)N(CC)CC)=C(C)N=3)cc1Br. The zero-order valence-electron chi connectivity index (χ0n) is 24.0. The summed E-state index contributed by atoms with van der Waals surface area (Å²) >= 11 is 4.87. The van der Waals surface area contributed by atoms with E-state index in [-0.39, 0.29) is 11.5 Å². The van der Waals surface area contributed by atoms with E-state index in [2.05, 4.69) is 22.5 Å². The average molecular weight is 647 g/mol. The topological polar surface area (TPSA) is 73.1 Å². The lowest BCUT2D eigenvalue weighted by molar-refractivity contribution is -0.127. The van der Waals surface area contributed by atoms with Gasteiger partial charge in [0.05, 0.1) is 27.4 Å². The van der Waals surface area contributed by atoms with Crippen LogP contribution in [0.2, 0.25) is 0 Å². The Morgan fingerprint density at radius 1 is 1.14 bits per heavy atom. The molecule has 9 heteroatoms. The van der Waals surface area contributed by atoms with Crippen LogP contribution in [-0.2, 0) is 4.79 Å². The van der Waals surface area contributed by atoms with Crippen molar-refractivity contribution in [3.05, 3.63) is 114 Å². The molecule has 0 saturated heterocycles. The highest BCUT2D eigenvalue weighted by molar-refractivity contribution is 9.10. The number of halogens is 1. The van der Waals surface area contributed by atoms with E-state index in [9.17, 15) is 9.59 Å². The minimum atomic E-state index is -0.723. The molecule has 1 amide bonds. The lowest BCUT2D eigenvalue weighted by Gasteiger charge is -2.30. The number of methoxy groups -OCH3 is 1. The van der Waals surface area contributed by atoms with Gasteiger partial charge in [-0.3, -0.25) is 14.2 Å². The van der Waals surface area contributed by atoms with Gasteiger partial charge in [-0.25, -0.2) is 4.99 Å². The van der Waals surface area contributed by atoms with Crippen molar-refractivity contribution in [1.82, 2.24) is 9.47 Å². The molecule has 1 aliphatic heterocycles. The van der Waals surface area contributed by atoms with Crippen LogP contribution in [0.4, 0.5) is 0 Å². The van der Waals surface area contributed by atoms with Gasteiger partial charge in [0.2, 0.25) is 0 Å². The van der Waals surface area contributed by atoms with E-state index >= 15 is 0 Å². The fourth-order valence-corrected chi connectivity index (χ4v) is 6.87. The molecule has 5 rings (SSSR count). The molecule has 0 unspecified atom stereocenters. The van der Waals surface area contributed by atoms with Crippen LogP contribution < -0.4 is 24.4 Å². The van der Waals surface area contributed by atoms with E-state index in [0.29, 0.717) is 51.8 Å². The van der Waals surface area contributed by atoms with Gasteiger partial charge in [0.15, 0.2) is 4.80 Å². The van der Waals surface area contributed by atoms with Crippen LogP contribution >= 0.6 is 27.3 Å². The highest BCUT2D eigenvalue weighted by atomic mass is 79.9. The second-order valence-electron chi connectivity index (χ2n) is 9.75. The lowest BCUT2D eigenvalue weighted by atomic mass is 9.90. The maximum Gasteiger partial charge on any atom is 0.271 e. The van der Waals surface area contributed by atoms with Crippen LogP contribution in [0.15, 0.2) is 92.8 Å². The molecule has 0 aliphatic carbocycles. The Balaban J connectivity index is 1.78. The average Bonchev–Trinajstić information content (AvgIpc) is 3.29. The minimum absolute atomic E-state index is 0.144. The summed E-state index contributed by atoms with van der Waals surface area (Å²) in [6, 6.07) is 16.8. The van der Waals surface area contributed by atoms with E-state index in [1.807, 2.05) is 81.4 Å². The molecule has 0 spiro atoms. The van der Waals surface area contributed by atoms with E-state index in [0.717, 1.165) is 26.4 Å². The number of amides is 1. The second kappa shape index (κ2) is 12.5. The summed E-state index contributed by atoms with van der Waals surface area (Å²) in [4.78, 5) is 35.4. The molecule has 0 radical (unpaired) electrons. The largest absolute Gasteiger partial charge is 0.496 e. The number of thiazole rings is 1. The Kier molecular flexibility index (Phi) is 8.80. The van der Waals surface area contributed by atoms with Crippen molar-refractivity contribution in [3.63, 3.8) is 0 Å². The molecule has 3 aromatic carbocycles. The third-order valence-corrected chi connectivity index (χ3v) is 8.94. The zero-order chi connectivity index (χ0) is 30.0. The summed E-state index contributed by atoms with van der Waals surface area (Å²) in [6.45, 7) is 10.9. The number of benzene rings is 3. The molecule has 0 bridgehead atoms. The van der Waals surface area contributed by atoms with Crippen molar-refractivity contribution in [2.45, 2.75) is 26.8 Å². The Hall–Kier alpha value is -3.95. The van der Waals surface area contributed by atoms with Gasteiger partial charge in [0, 0.05) is 18.7 Å². The zero-order valence-corrected chi connectivity index (χ0v) is 26.4. The van der Waals surface area contributed by atoms with E-state index in [1.54, 1.807) is 22.7 Å². The Bertz CT molecular complexity index is 1900. The summed E-state index contributed by atoms with van der Waals surface area (Å²) in [6.07, 6.45) is 3.53. The number of allylic oxidation sites excluding steroid dienone is 1. The quantitative estimate of drug-likeness (QED) is 0.222. The van der Waals surface area contributed by atoms with Crippen LogP contribution in [0.3, 0.4) is 0 Å². The van der Waals surface area contributed by atoms with Gasteiger partial charge in [0.1, 0.15) is 24.1 Å². The van der Waals surface area contributed by atoms with Gasteiger partial charge in [-0.05, 0) is 77.3 Å². The molecular formula is C33H32BrN3O4S. The molecule has 1 aromatic heterocycles. The van der Waals surface area contributed by atoms with Crippen molar-refractivity contribution in [1.29, 1.82) is 0 Å². The summed E-state index contributed by atoms with van der Waals surface area (Å²) in [5, 5.41) is 1.90. The minimum Gasteiger partial charge on any atom is -0.496 e. The Morgan fingerprint density at radius 2 is 1.88 bits per heavy atom. The van der Waals surface area contributed by atoms with Crippen LogP contribution in [0.5, 0.6) is 11.5 Å². The fourth-order valence-electron chi connectivity index (χ4n) is 5.31. The monoisotopic (exact) mass is 645 g/mol. The molecule has 0 saturated carbocycles. The smallest absolute Gasteiger partial charge is 0.271 e. The van der Waals surface area contributed by atoms with Crippen LogP contribution in [0, 0.1) is 0 Å². The van der Waals surface area contributed by atoms with Crippen LogP contribution in [0.1, 0.15) is 37.9 Å². The first-order valence-electron chi connectivity index (χ1n) is 13.7. The summed E-state index contributed by atoms with van der Waals surface area (Å²) < 4.78 is 14.5. The number of hydrogen-bond donors (Lipinski definition) is 0. The summed E-state index contributed by atoms with van der Waals surface area (Å²) in [5.74, 6) is 1.15. The number of fused-ring (bicyclic) bond motifs is 2. The first-order valence-corrected chi connectivity index (χ1v) is 15.3. The van der Waals surface area contributed by atoms with E-state index in [4.69, 9.17) is 14.5 Å². The predicted octanol–water partition coefficient (Wildman–Crippen LogP) is 5.59. The van der Waals surface area contributed by atoms with Crippen molar-refractivity contribution in [3.8, 4) is 11.5 Å². The number of likely N-dealkylation sites (N-methyl/N-ethyl adjacent to an activating group) is 1. The number of nitrogens with zero attached hydrogens (tertiary/aromatic N) is 3. The lowest BCUT2D eigenvalue weighted by Crippen LogP contribution is -2.43. The number of ether oxygens (including phenoxy) is 2. The first kappa shape index (κ1) is 29.5. The number of carbonyl (C=O) groups is 1. The third-order valence-electron chi connectivity index (χ3n) is 7.34. The molecule has 7 nitrogen and oxygen atoms in total. The van der Waals surface area contributed by atoms with Crippen LogP contribution in [0.25, 0.3) is 16.8 Å². The van der Waals surface area contributed by atoms with Crippen molar-refractivity contribution in [2.75, 3.05) is 26.8 Å². The van der Waals surface area contributed by atoms with Gasteiger partial charge in [-0.15, -0.1) is 0 Å². The molecule has 4 aromatic rings. The molecule has 1 atom stereocenters. The number of rotatable bonds is 9. The molecule has 42 heavy (non-hydrogen) atoms.